The van der Waals surface area contributed by atoms with Crippen LogP contribution in [-0.2, 0) is 32.1 Å². The quantitative estimate of drug-likeness (QED) is 0.575. The minimum atomic E-state index is -0.533. The molecule has 0 spiro atoms. The maximum atomic E-state index is 12.6. The summed E-state index contributed by atoms with van der Waals surface area (Å²) < 4.78 is 5.22. The lowest BCUT2D eigenvalue weighted by atomic mass is 10.1. The van der Waals surface area contributed by atoms with Crippen LogP contribution in [-0.4, -0.2) is 65.3 Å². The van der Waals surface area contributed by atoms with E-state index in [-0.39, 0.29) is 30.4 Å². The SMILES string of the molecule is C=CC(=O)CCC(=O)N1CCN(C(=O)CCc2ccc(CNC(=O)OC(C)(C)C)cc2)CC1. The Kier molecular flexibility index (Phi) is 9.63. The van der Waals surface area contributed by atoms with Crippen LogP contribution < -0.4 is 5.32 Å². The molecule has 1 saturated heterocycles. The number of rotatable bonds is 9. The average Bonchev–Trinajstić information content (AvgIpc) is 2.79. The van der Waals surface area contributed by atoms with E-state index in [1.54, 1.807) is 9.80 Å². The fourth-order valence-electron chi connectivity index (χ4n) is 3.42. The van der Waals surface area contributed by atoms with Gasteiger partial charge in [-0.25, -0.2) is 4.79 Å². The Bertz CT molecular complexity index is 850. The number of benzene rings is 1. The van der Waals surface area contributed by atoms with Gasteiger partial charge in [-0.3, -0.25) is 14.4 Å². The normalized spacial score (nSPS) is 13.9. The Balaban J connectivity index is 1.70. The van der Waals surface area contributed by atoms with E-state index in [1.165, 1.54) is 6.08 Å². The summed E-state index contributed by atoms with van der Waals surface area (Å²) in [4.78, 5) is 51.3. The molecule has 0 bridgehead atoms. The van der Waals surface area contributed by atoms with Crippen molar-refractivity contribution in [1.29, 1.82) is 0 Å². The largest absolute Gasteiger partial charge is 0.444 e. The molecule has 1 N–H and O–H groups in total. The third kappa shape index (κ3) is 9.47. The standard InChI is InChI=1S/C25H35N3O5/c1-5-21(29)11-13-23(31)28-16-14-27(15-17-28)22(30)12-10-19-6-8-20(9-7-19)18-26-24(32)33-25(2,3)4/h5-9H,1,10-18H2,2-4H3,(H,26,32). The summed E-state index contributed by atoms with van der Waals surface area (Å²) in [5, 5.41) is 2.73. The van der Waals surface area contributed by atoms with Gasteiger partial charge in [-0.1, -0.05) is 30.8 Å². The zero-order chi connectivity index (χ0) is 24.4. The van der Waals surface area contributed by atoms with Crippen molar-refractivity contribution in [2.75, 3.05) is 26.2 Å². The molecule has 180 valence electrons. The van der Waals surface area contributed by atoms with E-state index in [2.05, 4.69) is 11.9 Å². The number of nitrogens with zero attached hydrogens (tertiary/aromatic N) is 2. The summed E-state index contributed by atoms with van der Waals surface area (Å²) in [7, 11) is 0. The van der Waals surface area contributed by atoms with E-state index in [0.29, 0.717) is 45.6 Å². The number of hydrogen-bond donors (Lipinski definition) is 1. The lowest BCUT2D eigenvalue weighted by Gasteiger charge is -2.35. The average molecular weight is 458 g/mol. The summed E-state index contributed by atoms with van der Waals surface area (Å²) in [6.07, 6.45) is 2.17. The van der Waals surface area contributed by atoms with E-state index in [4.69, 9.17) is 4.74 Å². The molecule has 8 heteroatoms. The van der Waals surface area contributed by atoms with Crippen LogP contribution in [0, 0.1) is 0 Å². The van der Waals surface area contributed by atoms with Crippen LogP contribution in [0.1, 0.15) is 51.2 Å². The van der Waals surface area contributed by atoms with E-state index in [9.17, 15) is 19.2 Å². The first-order chi connectivity index (χ1) is 15.6. The van der Waals surface area contributed by atoms with Gasteiger partial charge in [0.15, 0.2) is 5.78 Å². The Morgan fingerprint density at radius 3 is 1.94 bits per heavy atom. The number of piperazine rings is 1. The van der Waals surface area contributed by atoms with Crippen molar-refractivity contribution in [1.82, 2.24) is 15.1 Å². The van der Waals surface area contributed by atoms with Crippen molar-refractivity contribution < 1.29 is 23.9 Å². The van der Waals surface area contributed by atoms with Gasteiger partial charge in [0.1, 0.15) is 5.60 Å². The van der Waals surface area contributed by atoms with Gasteiger partial charge < -0.3 is 19.9 Å². The van der Waals surface area contributed by atoms with Crippen LogP contribution in [0.4, 0.5) is 4.79 Å². The molecular formula is C25H35N3O5. The van der Waals surface area contributed by atoms with E-state index in [1.807, 2.05) is 45.0 Å². The molecular weight excluding hydrogens is 422 g/mol. The Morgan fingerprint density at radius 1 is 0.909 bits per heavy atom. The van der Waals surface area contributed by atoms with Crippen molar-refractivity contribution >= 4 is 23.7 Å². The highest BCUT2D eigenvalue weighted by atomic mass is 16.6. The summed E-state index contributed by atoms with van der Waals surface area (Å²) in [5.74, 6) is -0.123. The molecule has 1 aliphatic rings. The zero-order valence-corrected chi connectivity index (χ0v) is 19.9. The molecule has 1 fully saturated rings. The fraction of sp³-hybridized carbons (Fsp3) is 0.520. The Hall–Kier alpha value is -3.16. The first-order valence-electron chi connectivity index (χ1n) is 11.3. The predicted molar refractivity (Wildman–Crippen MR) is 125 cm³/mol. The number of hydrogen-bond acceptors (Lipinski definition) is 5. The van der Waals surface area contributed by atoms with E-state index < -0.39 is 11.7 Å². The minimum absolute atomic E-state index is 0.0569. The zero-order valence-electron chi connectivity index (χ0n) is 19.9. The second-order valence-electron chi connectivity index (χ2n) is 9.10. The van der Waals surface area contributed by atoms with Gasteiger partial charge in [0, 0.05) is 52.0 Å². The lowest BCUT2D eigenvalue weighted by Crippen LogP contribution is -2.50. The summed E-state index contributed by atoms with van der Waals surface area (Å²) in [6.45, 7) is 11.2. The molecule has 8 nitrogen and oxygen atoms in total. The van der Waals surface area contributed by atoms with Crippen LogP contribution >= 0.6 is 0 Å². The van der Waals surface area contributed by atoms with Crippen LogP contribution in [0.2, 0.25) is 0 Å². The predicted octanol–water partition coefficient (Wildman–Crippen LogP) is 2.85. The number of allylic oxidation sites excluding steroid dienone is 1. The van der Waals surface area contributed by atoms with Crippen molar-refractivity contribution in [2.24, 2.45) is 0 Å². The van der Waals surface area contributed by atoms with Crippen LogP contribution in [0.3, 0.4) is 0 Å². The summed E-state index contributed by atoms with van der Waals surface area (Å²) in [5.41, 5.74) is 1.46. The van der Waals surface area contributed by atoms with Gasteiger partial charge in [-0.05, 0) is 44.4 Å². The van der Waals surface area contributed by atoms with Gasteiger partial charge in [0.25, 0.3) is 0 Å². The van der Waals surface area contributed by atoms with Crippen molar-refractivity contribution in [3.05, 3.63) is 48.0 Å². The van der Waals surface area contributed by atoms with Gasteiger partial charge in [0.05, 0.1) is 0 Å². The molecule has 0 radical (unpaired) electrons. The van der Waals surface area contributed by atoms with Gasteiger partial charge in [0.2, 0.25) is 11.8 Å². The number of alkyl carbamates (subject to hydrolysis) is 1. The maximum absolute atomic E-state index is 12.6. The molecule has 1 aromatic rings. The highest BCUT2D eigenvalue weighted by Gasteiger charge is 2.24. The number of amides is 3. The molecule has 1 aliphatic heterocycles. The molecule has 1 aromatic carbocycles. The molecule has 0 aromatic heterocycles. The molecule has 0 atom stereocenters. The first kappa shape index (κ1) is 26.1. The molecule has 33 heavy (non-hydrogen) atoms. The Morgan fingerprint density at radius 2 is 1.42 bits per heavy atom. The van der Waals surface area contributed by atoms with Crippen molar-refractivity contribution in [3.8, 4) is 0 Å². The molecule has 0 aliphatic carbocycles. The highest BCUT2D eigenvalue weighted by molar-refractivity contribution is 5.92. The van der Waals surface area contributed by atoms with Gasteiger partial charge >= 0.3 is 6.09 Å². The number of ether oxygens (including phenoxy) is 1. The monoisotopic (exact) mass is 457 g/mol. The number of carbonyl (C=O) groups excluding carboxylic acids is 4. The van der Waals surface area contributed by atoms with Gasteiger partial charge in [-0.2, -0.15) is 0 Å². The second kappa shape index (κ2) is 12.2. The van der Waals surface area contributed by atoms with Gasteiger partial charge in [-0.15, -0.1) is 0 Å². The first-order valence-corrected chi connectivity index (χ1v) is 11.3. The summed E-state index contributed by atoms with van der Waals surface area (Å²) in [6, 6.07) is 7.78. The topological polar surface area (TPSA) is 96.0 Å². The highest BCUT2D eigenvalue weighted by Crippen LogP contribution is 2.12. The van der Waals surface area contributed by atoms with Crippen molar-refractivity contribution in [3.63, 3.8) is 0 Å². The molecule has 0 unspecified atom stereocenters. The third-order valence-electron chi connectivity index (χ3n) is 5.28. The summed E-state index contributed by atoms with van der Waals surface area (Å²) >= 11 is 0. The second-order valence-corrected chi connectivity index (χ2v) is 9.10. The molecule has 1 heterocycles. The Labute approximate surface area is 195 Å². The minimum Gasteiger partial charge on any atom is -0.444 e. The van der Waals surface area contributed by atoms with Crippen molar-refractivity contribution in [2.45, 2.75) is 58.6 Å². The molecule has 0 saturated carbocycles. The number of carbonyl (C=O) groups is 4. The number of ketones is 1. The van der Waals surface area contributed by atoms with Crippen LogP contribution in [0.5, 0.6) is 0 Å². The fourth-order valence-corrected chi connectivity index (χ4v) is 3.42. The number of nitrogens with one attached hydrogen (secondary N) is 1. The molecule has 3 amide bonds. The third-order valence-corrected chi connectivity index (χ3v) is 5.28. The smallest absolute Gasteiger partial charge is 0.407 e. The van der Waals surface area contributed by atoms with Crippen LogP contribution in [0.25, 0.3) is 0 Å². The van der Waals surface area contributed by atoms with Crippen LogP contribution in [0.15, 0.2) is 36.9 Å². The lowest BCUT2D eigenvalue weighted by molar-refractivity contribution is -0.139. The van der Waals surface area contributed by atoms with E-state index in [0.717, 1.165) is 11.1 Å². The maximum Gasteiger partial charge on any atom is 0.407 e. The molecule has 2 rings (SSSR count). The van der Waals surface area contributed by atoms with E-state index >= 15 is 0 Å². The number of aryl methyl sites for hydroxylation is 1.